The van der Waals surface area contributed by atoms with Crippen LogP contribution in [0.2, 0.25) is 0 Å². The van der Waals surface area contributed by atoms with Crippen LogP contribution in [0.25, 0.3) is 0 Å². The number of piperidine rings is 2. The maximum atomic E-state index is 12.8. The van der Waals surface area contributed by atoms with Crippen molar-refractivity contribution < 1.29 is 9.59 Å². The van der Waals surface area contributed by atoms with E-state index in [0.717, 1.165) is 50.1 Å². The number of amides is 2. The highest BCUT2D eigenvalue weighted by Gasteiger charge is 2.29. The molecule has 2 aromatic rings. The van der Waals surface area contributed by atoms with Gasteiger partial charge in [-0.05, 0) is 73.8 Å². The molecule has 2 heterocycles. The first-order valence-corrected chi connectivity index (χ1v) is 12.1. The number of hydrogen-bond acceptors (Lipinski definition) is 3. The van der Waals surface area contributed by atoms with E-state index < -0.39 is 5.92 Å². The van der Waals surface area contributed by atoms with Gasteiger partial charge in [0.05, 0.1) is 5.92 Å². The molecule has 2 saturated heterocycles. The summed E-state index contributed by atoms with van der Waals surface area (Å²) in [6, 6.07) is 15.9. The largest absolute Gasteiger partial charge is 0.371 e. The Kier molecular flexibility index (Phi) is 7.13. The number of primary amides is 1. The fraction of sp³-hybridized carbons (Fsp3) is 0.481. The Hall–Kier alpha value is -2.82. The molecule has 0 radical (unpaired) electrons. The molecule has 2 aromatic carbocycles. The topological polar surface area (TPSA) is 66.6 Å². The van der Waals surface area contributed by atoms with E-state index in [4.69, 9.17) is 5.73 Å². The molecule has 0 aliphatic carbocycles. The lowest BCUT2D eigenvalue weighted by molar-refractivity contribution is -0.119. The Balaban J connectivity index is 1.57. The molecule has 2 fully saturated rings. The number of carbonyl (C=O) groups excluding carboxylic acids is 2. The standard InChI is InChI=1S/C27H35N3O2/c1-20(23-10-4-5-11-24(23)29-16-6-2-7-17-29)25(26(28)31)21-12-14-22(15-13-21)27(32)30-18-8-3-9-19-30/h4-5,10-15,20,25H,2-3,6-9,16-19H2,1H3,(H2,28,31). The molecule has 0 aromatic heterocycles. The molecule has 0 saturated carbocycles. The maximum absolute atomic E-state index is 12.8. The number of nitrogens with zero attached hydrogens (tertiary/aromatic N) is 2. The Morgan fingerprint density at radius 1 is 0.812 bits per heavy atom. The zero-order chi connectivity index (χ0) is 22.5. The maximum Gasteiger partial charge on any atom is 0.253 e. The van der Waals surface area contributed by atoms with Crippen molar-refractivity contribution in [1.29, 1.82) is 0 Å². The summed E-state index contributed by atoms with van der Waals surface area (Å²) in [4.78, 5) is 29.8. The van der Waals surface area contributed by atoms with E-state index in [-0.39, 0.29) is 17.7 Å². The summed E-state index contributed by atoms with van der Waals surface area (Å²) in [5, 5.41) is 0. The van der Waals surface area contributed by atoms with Crippen molar-refractivity contribution in [3.8, 4) is 0 Å². The second-order valence-electron chi connectivity index (χ2n) is 9.25. The summed E-state index contributed by atoms with van der Waals surface area (Å²) >= 11 is 0. The predicted octanol–water partition coefficient (Wildman–Crippen LogP) is 4.68. The van der Waals surface area contributed by atoms with Crippen LogP contribution in [0.1, 0.15) is 78.8 Å². The van der Waals surface area contributed by atoms with Gasteiger partial charge in [0.1, 0.15) is 0 Å². The molecule has 5 nitrogen and oxygen atoms in total. The summed E-state index contributed by atoms with van der Waals surface area (Å²) in [6.45, 7) is 5.85. The van der Waals surface area contributed by atoms with Crippen LogP contribution in [0.5, 0.6) is 0 Å². The summed E-state index contributed by atoms with van der Waals surface area (Å²) in [6.07, 6.45) is 7.02. The van der Waals surface area contributed by atoms with Crippen LogP contribution in [-0.2, 0) is 4.79 Å². The van der Waals surface area contributed by atoms with Crippen LogP contribution < -0.4 is 10.6 Å². The smallest absolute Gasteiger partial charge is 0.253 e. The lowest BCUT2D eigenvalue weighted by Gasteiger charge is -2.33. The van der Waals surface area contributed by atoms with Gasteiger partial charge in [-0.1, -0.05) is 37.3 Å². The van der Waals surface area contributed by atoms with Crippen molar-refractivity contribution in [2.24, 2.45) is 5.73 Å². The van der Waals surface area contributed by atoms with Crippen molar-refractivity contribution in [1.82, 2.24) is 4.90 Å². The second kappa shape index (κ2) is 10.2. The Morgan fingerprint density at radius 3 is 2.03 bits per heavy atom. The molecule has 0 bridgehead atoms. The molecule has 32 heavy (non-hydrogen) atoms. The van der Waals surface area contributed by atoms with Gasteiger partial charge < -0.3 is 15.5 Å². The molecule has 0 spiro atoms. The Bertz CT molecular complexity index is 928. The van der Waals surface area contributed by atoms with Crippen LogP contribution in [0, 0.1) is 0 Å². The molecule has 4 rings (SSSR count). The average Bonchev–Trinajstić information content (AvgIpc) is 2.85. The van der Waals surface area contributed by atoms with Crippen LogP contribution in [0.3, 0.4) is 0 Å². The van der Waals surface area contributed by atoms with Gasteiger partial charge in [-0.25, -0.2) is 0 Å². The van der Waals surface area contributed by atoms with Crippen molar-refractivity contribution in [2.45, 2.75) is 57.3 Å². The van der Waals surface area contributed by atoms with Gasteiger partial charge in [0.2, 0.25) is 5.91 Å². The lowest BCUT2D eigenvalue weighted by atomic mass is 9.81. The zero-order valence-corrected chi connectivity index (χ0v) is 19.1. The molecule has 5 heteroatoms. The average molecular weight is 434 g/mol. The van der Waals surface area contributed by atoms with E-state index in [1.54, 1.807) is 0 Å². The number of benzene rings is 2. The summed E-state index contributed by atoms with van der Waals surface area (Å²) in [5.74, 6) is -0.759. The minimum Gasteiger partial charge on any atom is -0.371 e. The molecule has 2 amide bonds. The van der Waals surface area contributed by atoms with Crippen LogP contribution in [-0.4, -0.2) is 42.9 Å². The third-order valence-corrected chi connectivity index (χ3v) is 7.09. The predicted molar refractivity (Wildman–Crippen MR) is 129 cm³/mol. The van der Waals surface area contributed by atoms with E-state index in [0.29, 0.717) is 5.56 Å². The summed E-state index contributed by atoms with van der Waals surface area (Å²) in [7, 11) is 0. The SMILES string of the molecule is CC(c1ccccc1N1CCCCC1)C(C(N)=O)c1ccc(C(=O)N2CCCCC2)cc1. The van der Waals surface area contributed by atoms with Gasteiger partial charge in [0, 0.05) is 37.4 Å². The number of likely N-dealkylation sites (tertiary alicyclic amines) is 1. The van der Waals surface area contributed by atoms with Gasteiger partial charge >= 0.3 is 0 Å². The zero-order valence-electron chi connectivity index (χ0n) is 19.1. The number of hydrogen-bond donors (Lipinski definition) is 1. The van der Waals surface area contributed by atoms with E-state index in [2.05, 4.69) is 30.0 Å². The Labute approximate surface area is 191 Å². The van der Waals surface area contributed by atoms with Crippen LogP contribution in [0.15, 0.2) is 48.5 Å². The normalized spacial score (nSPS) is 18.8. The molecular weight excluding hydrogens is 398 g/mol. The van der Waals surface area contributed by atoms with E-state index in [9.17, 15) is 9.59 Å². The first kappa shape index (κ1) is 22.4. The molecular formula is C27H35N3O2. The third kappa shape index (κ3) is 4.82. The first-order valence-electron chi connectivity index (χ1n) is 12.1. The summed E-state index contributed by atoms with van der Waals surface area (Å²) < 4.78 is 0. The molecule has 2 atom stereocenters. The van der Waals surface area contributed by atoms with Crippen LogP contribution in [0.4, 0.5) is 5.69 Å². The van der Waals surface area contributed by atoms with Crippen molar-refractivity contribution in [3.05, 3.63) is 65.2 Å². The Morgan fingerprint density at radius 2 is 1.41 bits per heavy atom. The lowest BCUT2D eigenvalue weighted by Crippen LogP contribution is -2.35. The fourth-order valence-electron chi connectivity index (χ4n) is 5.29. The van der Waals surface area contributed by atoms with Crippen molar-refractivity contribution >= 4 is 17.5 Å². The second-order valence-corrected chi connectivity index (χ2v) is 9.25. The summed E-state index contributed by atoms with van der Waals surface area (Å²) in [5.41, 5.74) is 9.84. The van der Waals surface area contributed by atoms with Gasteiger partial charge in [0.15, 0.2) is 0 Å². The van der Waals surface area contributed by atoms with E-state index in [1.165, 1.54) is 31.4 Å². The van der Waals surface area contributed by atoms with Gasteiger partial charge in [-0.2, -0.15) is 0 Å². The molecule has 2 unspecified atom stereocenters. The highest BCUT2D eigenvalue weighted by Crippen LogP contribution is 2.38. The third-order valence-electron chi connectivity index (χ3n) is 7.09. The monoisotopic (exact) mass is 433 g/mol. The highest BCUT2D eigenvalue weighted by atomic mass is 16.2. The minimum atomic E-state index is -0.444. The van der Waals surface area contributed by atoms with E-state index in [1.807, 2.05) is 35.2 Å². The highest BCUT2D eigenvalue weighted by molar-refractivity contribution is 5.94. The fourth-order valence-corrected chi connectivity index (χ4v) is 5.29. The van der Waals surface area contributed by atoms with E-state index >= 15 is 0 Å². The first-order chi connectivity index (χ1) is 15.6. The quantitative estimate of drug-likeness (QED) is 0.720. The number of anilines is 1. The molecule has 2 aliphatic rings. The molecule has 2 N–H and O–H groups in total. The van der Waals surface area contributed by atoms with Gasteiger partial charge in [0.25, 0.3) is 5.91 Å². The van der Waals surface area contributed by atoms with Gasteiger partial charge in [-0.15, -0.1) is 0 Å². The molecule has 2 aliphatic heterocycles. The number of rotatable bonds is 6. The number of para-hydroxylation sites is 1. The van der Waals surface area contributed by atoms with Crippen molar-refractivity contribution in [3.63, 3.8) is 0 Å². The number of carbonyl (C=O) groups is 2. The number of nitrogens with two attached hydrogens (primary N) is 1. The minimum absolute atomic E-state index is 0.0609. The van der Waals surface area contributed by atoms with Gasteiger partial charge in [-0.3, -0.25) is 9.59 Å². The van der Waals surface area contributed by atoms with Crippen LogP contribution >= 0.6 is 0 Å². The molecule has 170 valence electrons. The van der Waals surface area contributed by atoms with Crippen molar-refractivity contribution in [2.75, 3.05) is 31.1 Å².